The molecule has 1 unspecified atom stereocenters. The first-order valence-electron chi connectivity index (χ1n) is 8.88. The van der Waals surface area contributed by atoms with Gasteiger partial charge in [0.05, 0.1) is 6.04 Å². The smallest absolute Gasteiger partial charge is 0.319 e. The Morgan fingerprint density at radius 1 is 1.00 bits per heavy atom. The quantitative estimate of drug-likeness (QED) is 0.882. The van der Waals surface area contributed by atoms with Crippen molar-refractivity contribution in [1.29, 1.82) is 0 Å². The molecule has 2 N–H and O–H groups in total. The second-order valence-corrected chi connectivity index (χ2v) is 6.71. The number of carbonyl (C=O) groups is 1. The van der Waals surface area contributed by atoms with Gasteiger partial charge in [-0.1, -0.05) is 12.1 Å². The highest BCUT2D eigenvalue weighted by molar-refractivity contribution is 5.89. The molecule has 2 aromatic carbocycles. The molecular formula is C20H25FN4O. The Bertz CT molecular complexity index is 724. The van der Waals surface area contributed by atoms with Crippen LogP contribution >= 0.6 is 0 Å². The molecule has 6 heteroatoms. The van der Waals surface area contributed by atoms with Crippen molar-refractivity contribution in [3.63, 3.8) is 0 Å². The summed E-state index contributed by atoms with van der Waals surface area (Å²) in [7, 11) is 2.13. The first-order valence-corrected chi connectivity index (χ1v) is 8.88. The fourth-order valence-electron chi connectivity index (χ4n) is 3.02. The van der Waals surface area contributed by atoms with Gasteiger partial charge >= 0.3 is 6.03 Å². The molecule has 1 fully saturated rings. The van der Waals surface area contributed by atoms with Gasteiger partial charge < -0.3 is 20.4 Å². The first-order chi connectivity index (χ1) is 12.5. The fraction of sp³-hybridized carbons (Fsp3) is 0.350. The number of urea groups is 1. The van der Waals surface area contributed by atoms with Gasteiger partial charge in [-0.3, -0.25) is 0 Å². The summed E-state index contributed by atoms with van der Waals surface area (Å²) in [5.41, 5.74) is 2.77. The van der Waals surface area contributed by atoms with Crippen molar-refractivity contribution in [1.82, 2.24) is 10.2 Å². The molecule has 138 valence electrons. The Balaban J connectivity index is 1.53. The van der Waals surface area contributed by atoms with Crippen molar-refractivity contribution >= 4 is 17.4 Å². The molecule has 0 aliphatic carbocycles. The van der Waals surface area contributed by atoms with E-state index in [1.807, 2.05) is 31.2 Å². The average molecular weight is 356 g/mol. The van der Waals surface area contributed by atoms with E-state index in [1.165, 1.54) is 17.8 Å². The highest BCUT2D eigenvalue weighted by Crippen LogP contribution is 2.19. The number of hydrogen-bond acceptors (Lipinski definition) is 3. The maximum atomic E-state index is 13.0. The number of benzene rings is 2. The Labute approximate surface area is 153 Å². The van der Waals surface area contributed by atoms with Crippen molar-refractivity contribution in [3.8, 4) is 0 Å². The van der Waals surface area contributed by atoms with E-state index in [0.29, 0.717) is 0 Å². The van der Waals surface area contributed by atoms with E-state index < -0.39 is 0 Å². The third kappa shape index (κ3) is 4.73. The van der Waals surface area contributed by atoms with E-state index in [-0.39, 0.29) is 17.9 Å². The van der Waals surface area contributed by atoms with Gasteiger partial charge in [0.2, 0.25) is 0 Å². The van der Waals surface area contributed by atoms with Crippen LogP contribution in [0.15, 0.2) is 48.5 Å². The lowest BCUT2D eigenvalue weighted by Crippen LogP contribution is -2.44. The fourth-order valence-corrected chi connectivity index (χ4v) is 3.02. The third-order valence-corrected chi connectivity index (χ3v) is 4.71. The number of likely N-dealkylation sites (N-methyl/N-ethyl adjacent to an activating group) is 1. The molecule has 0 saturated carbocycles. The van der Waals surface area contributed by atoms with Crippen LogP contribution in [0.1, 0.15) is 18.5 Å². The van der Waals surface area contributed by atoms with Crippen LogP contribution in [-0.4, -0.2) is 44.2 Å². The minimum Gasteiger partial charge on any atom is -0.369 e. The number of anilines is 2. The lowest BCUT2D eigenvalue weighted by molar-refractivity contribution is 0.249. The van der Waals surface area contributed by atoms with E-state index >= 15 is 0 Å². The lowest BCUT2D eigenvalue weighted by Gasteiger charge is -2.34. The van der Waals surface area contributed by atoms with Crippen LogP contribution in [0.3, 0.4) is 0 Å². The van der Waals surface area contributed by atoms with Crippen LogP contribution in [0.2, 0.25) is 0 Å². The third-order valence-electron chi connectivity index (χ3n) is 4.71. The van der Waals surface area contributed by atoms with Crippen molar-refractivity contribution in [3.05, 3.63) is 59.9 Å². The Hall–Kier alpha value is -2.60. The number of amides is 2. The van der Waals surface area contributed by atoms with E-state index in [4.69, 9.17) is 0 Å². The lowest BCUT2D eigenvalue weighted by atomic mass is 10.1. The van der Waals surface area contributed by atoms with Gasteiger partial charge in [-0.15, -0.1) is 0 Å². The monoisotopic (exact) mass is 356 g/mol. The zero-order valence-electron chi connectivity index (χ0n) is 15.2. The van der Waals surface area contributed by atoms with E-state index in [1.54, 1.807) is 12.1 Å². The van der Waals surface area contributed by atoms with Crippen molar-refractivity contribution in [2.45, 2.75) is 13.0 Å². The molecule has 1 saturated heterocycles. The maximum absolute atomic E-state index is 13.0. The second-order valence-electron chi connectivity index (χ2n) is 6.71. The summed E-state index contributed by atoms with van der Waals surface area (Å²) >= 11 is 0. The molecule has 3 rings (SSSR count). The van der Waals surface area contributed by atoms with Gasteiger partial charge in [-0.05, 0) is 55.9 Å². The summed E-state index contributed by atoms with van der Waals surface area (Å²) in [6.45, 7) is 6.01. The summed E-state index contributed by atoms with van der Waals surface area (Å²) in [5.74, 6) is -0.286. The number of nitrogens with one attached hydrogen (secondary N) is 2. The minimum atomic E-state index is -0.286. The normalized spacial score (nSPS) is 16.2. The predicted octanol–water partition coefficient (Wildman–Crippen LogP) is 3.46. The molecule has 0 aromatic heterocycles. The number of nitrogens with zero attached hydrogens (tertiary/aromatic N) is 2. The number of hydrogen-bond donors (Lipinski definition) is 2. The zero-order valence-corrected chi connectivity index (χ0v) is 15.2. The summed E-state index contributed by atoms with van der Waals surface area (Å²) in [5, 5.41) is 5.70. The van der Waals surface area contributed by atoms with Gasteiger partial charge in [0.25, 0.3) is 0 Å². The molecule has 2 amide bonds. The summed E-state index contributed by atoms with van der Waals surface area (Å²) in [6, 6.07) is 13.5. The van der Waals surface area contributed by atoms with Gasteiger partial charge in [0, 0.05) is 37.6 Å². The number of piperazine rings is 1. The standard InChI is InChI=1S/C20H25FN4O/c1-15(16-3-5-17(21)6-4-16)22-20(26)23-18-7-9-19(10-8-18)25-13-11-24(2)12-14-25/h3-10,15H,11-14H2,1-2H3,(H2,22,23,26). The number of rotatable bonds is 4. The first kappa shape index (κ1) is 18.2. The molecule has 1 aliphatic rings. The van der Waals surface area contributed by atoms with E-state index in [2.05, 4.69) is 27.5 Å². The Morgan fingerprint density at radius 2 is 1.62 bits per heavy atom. The number of halogens is 1. The van der Waals surface area contributed by atoms with Crippen molar-refractivity contribution in [2.75, 3.05) is 43.4 Å². The van der Waals surface area contributed by atoms with Gasteiger partial charge in [-0.2, -0.15) is 0 Å². The molecule has 0 bridgehead atoms. The maximum Gasteiger partial charge on any atom is 0.319 e. The molecule has 0 radical (unpaired) electrons. The predicted molar refractivity (Wildman–Crippen MR) is 103 cm³/mol. The molecule has 0 spiro atoms. The van der Waals surface area contributed by atoms with Crippen LogP contribution in [0.4, 0.5) is 20.6 Å². The summed E-state index contributed by atoms with van der Waals surface area (Å²) in [4.78, 5) is 16.8. The minimum absolute atomic E-state index is 0.208. The SMILES string of the molecule is CC(NC(=O)Nc1ccc(N2CCN(C)CC2)cc1)c1ccc(F)cc1. The molecule has 1 heterocycles. The van der Waals surface area contributed by atoms with Crippen LogP contribution in [0.5, 0.6) is 0 Å². The van der Waals surface area contributed by atoms with Crippen LogP contribution in [-0.2, 0) is 0 Å². The van der Waals surface area contributed by atoms with Gasteiger partial charge in [-0.25, -0.2) is 9.18 Å². The van der Waals surface area contributed by atoms with Crippen LogP contribution in [0, 0.1) is 5.82 Å². The summed E-state index contributed by atoms with van der Waals surface area (Å²) in [6.07, 6.45) is 0. The van der Waals surface area contributed by atoms with Gasteiger partial charge in [0.15, 0.2) is 0 Å². The van der Waals surface area contributed by atoms with Crippen molar-refractivity contribution in [2.24, 2.45) is 0 Å². The van der Waals surface area contributed by atoms with Crippen LogP contribution in [0.25, 0.3) is 0 Å². The average Bonchev–Trinajstić information content (AvgIpc) is 2.63. The Kier molecular flexibility index (Phi) is 5.73. The van der Waals surface area contributed by atoms with Gasteiger partial charge in [0.1, 0.15) is 5.82 Å². The Morgan fingerprint density at radius 3 is 2.23 bits per heavy atom. The topological polar surface area (TPSA) is 47.6 Å². The number of carbonyl (C=O) groups excluding carboxylic acids is 1. The highest BCUT2D eigenvalue weighted by atomic mass is 19.1. The van der Waals surface area contributed by atoms with Crippen molar-refractivity contribution < 1.29 is 9.18 Å². The second kappa shape index (κ2) is 8.19. The molecule has 2 aromatic rings. The molecule has 1 aliphatic heterocycles. The molecule has 5 nitrogen and oxygen atoms in total. The summed E-state index contributed by atoms with van der Waals surface area (Å²) < 4.78 is 13.0. The molecule has 26 heavy (non-hydrogen) atoms. The molecular weight excluding hydrogens is 331 g/mol. The largest absolute Gasteiger partial charge is 0.369 e. The highest BCUT2D eigenvalue weighted by Gasteiger charge is 2.14. The van der Waals surface area contributed by atoms with E-state index in [9.17, 15) is 9.18 Å². The molecule has 1 atom stereocenters. The van der Waals surface area contributed by atoms with Crippen LogP contribution < -0.4 is 15.5 Å². The zero-order chi connectivity index (χ0) is 18.5. The van der Waals surface area contributed by atoms with E-state index in [0.717, 1.165) is 37.4 Å².